The number of amides is 1. The number of ether oxygens (including phenoxy) is 2. The molecule has 1 heterocycles. The summed E-state index contributed by atoms with van der Waals surface area (Å²) in [5.74, 6) is 0.953. The molecule has 3 rings (SSSR count). The van der Waals surface area contributed by atoms with E-state index < -0.39 is 5.54 Å². The van der Waals surface area contributed by atoms with Crippen molar-refractivity contribution in [1.82, 2.24) is 4.90 Å². The molecule has 1 aliphatic heterocycles. The number of nitrogens with two attached hydrogens (primary N) is 1. The molecule has 1 saturated heterocycles. The fourth-order valence-corrected chi connectivity index (χ4v) is 3.95. The fraction of sp³-hybridized carbons (Fsp3) is 0.650. The number of rotatable bonds is 5. The monoisotopic (exact) mass is 382 g/mol. The van der Waals surface area contributed by atoms with Gasteiger partial charge in [0.2, 0.25) is 5.91 Å². The van der Waals surface area contributed by atoms with Crippen LogP contribution in [-0.4, -0.2) is 48.3 Å². The first-order chi connectivity index (χ1) is 11.9. The molecule has 1 aromatic carbocycles. The van der Waals surface area contributed by atoms with E-state index in [1.807, 2.05) is 56.0 Å². The minimum absolute atomic E-state index is 0. The second-order valence-electron chi connectivity index (χ2n) is 7.76. The number of nitrogens with zero attached hydrogens (tertiary/aromatic N) is 1. The van der Waals surface area contributed by atoms with E-state index in [1.54, 1.807) is 0 Å². The van der Waals surface area contributed by atoms with E-state index in [-0.39, 0.29) is 35.9 Å². The van der Waals surface area contributed by atoms with Crippen molar-refractivity contribution in [2.45, 2.75) is 57.8 Å². The molecule has 0 bridgehead atoms. The van der Waals surface area contributed by atoms with Gasteiger partial charge in [-0.1, -0.05) is 32.0 Å². The van der Waals surface area contributed by atoms with Crippen molar-refractivity contribution < 1.29 is 14.3 Å². The van der Waals surface area contributed by atoms with Crippen LogP contribution in [0.1, 0.15) is 40.0 Å². The Bertz CT molecular complexity index is 602. The van der Waals surface area contributed by atoms with Gasteiger partial charge in [-0.15, -0.1) is 12.4 Å². The predicted octanol–water partition coefficient (Wildman–Crippen LogP) is 3.01. The summed E-state index contributed by atoms with van der Waals surface area (Å²) in [4.78, 5) is 14.9. The third-order valence-corrected chi connectivity index (χ3v) is 5.99. The zero-order valence-corrected chi connectivity index (χ0v) is 16.8. The molecule has 0 spiro atoms. The molecule has 1 aromatic rings. The zero-order valence-electron chi connectivity index (χ0n) is 15.9. The maximum Gasteiger partial charge on any atom is 0.243 e. The number of carbonyl (C=O) groups is 1. The van der Waals surface area contributed by atoms with E-state index in [0.717, 1.165) is 18.6 Å². The molecule has 5 nitrogen and oxygen atoms in total. The summed E-state index contributed by atoms with van der Waals surface area (Å²) < 4.78 is 11.7. The second kappa shape index (κ2) is 8.15. The van der Waals surface area contributed by atoms with E-state index in [4.69, 9.17) is 15.2 Å². The van der Waals surface area contributed by atoms with Crippen molar-refractivity contribution in [3.05, 3.63) is 30.3 Å². The van der Waals surface area contributed by atoms with Crippen molar-refractivity contribution in [1.29, 1.82) is 0 Å². The van der Waals surface area contributed by atoms with Gasteiger partial charge in [-0.25, -0.2) is 0 Å². The van der Waals surface area contributed by atoms with Gasteiger partial charge in [0.05, 0.1) is 6.10 Å². The molecule has 2 unspecified atom stereocenters. The molecule has 6 heteroatoms. The summed E-state index contributed by atoms with van der Waals surface area (Å²) in [6, 6.07) is 9.86. The van der Waals surface area contributed by atoms with Gasteiger partial charge in [-0.3, -0.25) is 4.79 Å². The number of piperidine rings is 1. The van der Waals surface area contributed by atoms with Gasteiger partial charge in [0.1, 0.15) is 17.4 Å². The molecular weight excluding hydrogens is 352 g/mol. The molecule has 0 radical (unpaired) electrons. The van der Waals surface area contributed by atoms with Crippen LogP contribution in [0.3, 0.4) is 0 Å². The Balaban J connectivity index is 0.00000243. The summed E-state index contributed by atoms with van der Waals surface area (Å²) in [5, 5.41) is 0. The SMILES string of the molecule is CCOC1CC(N)(C(=O)N2CCC(Oc3ccccc3)CC2)C1(C)C.Cl. The highest BCUT2D eigenvalue weighted by Crippen LogP contribution is 2.50. The highest BCUT2D eigenvalue weighted by Gasteiger charge is 2.63. The summed E-state index contributed by atoms with van der Waals surface area (Å²) >= 11 is 0. The van der Waals surface area contributed by atoms with Gasteiger partial charge in [-0.05, 0) is 19.1 Å². The van der Waals surface area contributed by atoms with Crippen molar-refractivity contribution >= 4 is 18.3 Å². The van der Waals surface area contributed by atoms with Gasteiger partial charge in [0.15, 0.2) is 0 Å². The van der Waals surface area contributed by atoms with Gasteiger partial charge in [-0.2, -0.15) is 0 Å². The quantitative estimate of drug-likeness (QED) is 0.850. The number of para-hydroxylation sites is 1. The number of hydrogen-bond donors (Lipinski definition) is 1. The average Bonchev–Trinajstić information content (AvgIpc) is 2.62. The number of carbonyl (C=O) groups excluding carboxylic acids is 1. The van der Waals surface area contributed by atoms with E-state index in [1.165, 1.54) is 0 Å². The van der Waals surface area contributed by atoms with Gasteiger partial charge in [0.25, 0.3) is 0 Å². The Labute approximate surface area is 162 Å². The minimum atomic E-state index is -0.819. The third-order valence-electron chi connectivity index (χ3n) is 5.99. The first-order valence-corrected chi connectivity index (χ1v) is 9.30. The van der Waals surface area contributed by atoms with Crippen LogP contribution in [0.15, 0.2) is 30.3 Å². The first-order valence-electron chi connectivity index (χ1n) is 9.30. The maximum atomic E-state index is 13.0. The second-order valence-corrected chi connectivity index (χ2v) is 7.76. The van der Waals surface area contributed by atoms with Crippen LogP contribution >= 0.6 is 12.4 Å². The van der Waals surface area contributed by atoms with Gasteiger partial charge in [0, 0.05) is 44.4 Å². The van der Waals surface area contributed by atoms with E-state index >= 15 is 0 Å². The molecule has 26 heavy (non-hydrogen) atoms. The molecule has 2 N–H and O–H groups in total. The van der Waals surface area contributed by atoms with Crippen molar-refractivity contribution in [2.75, 3.05) is 19.7 Å². The van der Waals surface area contributed by atoms with Crippen LogP contribution in [0, 0.1) is 5.41 Å². The largest absolute Gasteiger partial charge is 0.490 e. The Morgan fingerprint density at radius 2 is 1.85 bits per heavy atom. The maximum absolute atomic E-state index is 13.0. The summed E-state index contributed by atoms with van der Waals surface area (Å²) in [7, 11) is 0. The van der Waals surface area contributed by atoms with Gasteiger partial charge >= 0.3 is 0 Å². The molecule has 2 fully saturated rings. The molecule has 146 valence electrons. The number of benzene rings is 1. The normalized spacial score (nSPS) is 28.0. The third kappa shape index (κ3) is 3.71. The highest BCUT2D eigenvalue weighted by molar-refractivity contribution is 5.89. The number of likely N-dealkylation sites (tertiary alicyclic amines) is 1. The smallest absolute Gasteiger partial charge is 0.243 e. The lowest BCUT2D eigenvalue weighted by Gasteiger charge is -2.59. The van der Waals surface area contributed by atoms with E-state index in [9.17, 15) is 4.79 Å². The molecule has 1 saturated carbocycles. The summed E-state index contributed by atoms with van der Waals surface area (Å²) in [5.41, 5.74) is 5.38. The van der Waals surface area contributed by atoms with Gasteiger partial charge < -0.3 is 20.1 Å². The molecular formula is C20H31ClN2O3. The molecule has 1 aliphatic carbocycles. The summed E-state index contributed by atoms with van der Waals surface area (Å²) in [6.45, 7) is 8.11. The Kier molecular flexibility index (Phi) is 6.59. The van der Waals surface area contributed by atoms with Crippen LogP contribution in [0.25, 0.3) is 0 Å². The topological polar surface area (TPSA) is 64.8 Å². The highest BCUT2D eigenvalue weighted by atomic mass is 35.5. The lowest BCUT2D eigenvalue weighted by molar-refractivity contribution is -0.180. The minimum Gasteiger partial charge on any atom is -0.490 e. The Hall–Kier alpha value is -1.30. The average molecular weight is 383 g/mol. The van der Waals surface area contributed by atoms with Crippen LogP contribution in [0.2, 0.25) is 0 Å². The number of hydrogen-bond acceptors (Lipinski definition) is 4. The molecule has 2 atom stereocenters. The lowest BCUT2D eigenvalue weighted by atomic mass is 9.54. The van der Waals surface area contributed by atoms with E-state index in [0.29, 0.717) is 26.1 Å². The van der Waals surface area contributed by atoms with Crippen LogP contribution in [0.4, 0.5) is 0 Å². The molecule has 1 amide bonds. The first kappa shape index (κ1) is 21.0. The van der Waals surface area contributed by atoms with E-state index in [2.05, 4.69) is 0 Å². The van der Waals surface area contributed by atoms with Crippen LogP contribution in [0.5, 0.6) is 5.75 Å². The Morgan fingerprint density at radius 3 is 2.38 bits per heavy atom. The van der Waals surface area contributed by atoms with Crippen molar-refractivity contribution in [3.63, 3.8) is 0 Å². The van der Waals surface area contributed by atoms with Crippen LogP contribution in [-0.2, 0) is 9.53 Å². The fourth-order valence-electron chi connectivity index (χ4n) is 3.95. The molecule has 0 aromatic heterocycles. The predicted molar refractivity (Wildman–Crippen MR) is 105 cm³/mol. The lowest BCUT2D eigenvalue weighted by Crippen LogP contribution is -2.76. The Morgan fingerprint density at radius 1 is 1.23 bits per heavy atom. The van der Waals surface area contributed by atoms with Crippen molar-refractivity contribution in [2.24, 2.45) is 11.1 Å². The van der Waals surface area contributed by atoms with Crippen molar-refractivity contribution in [3.8, 4) is 5.75 Å². The molecule has 2 aliphatic rings. The van der Waals surface area contributed by atoms with Crippen LogP contribution < -0.4 is 10.5 Å². The standard InChI is InChI=1S/C20H30N2O3.ClH/c1-4-24-17-14-20(21,19(17,2)3)18(23)22-12-10-16(11-13-22)25-15-8-6-5-7-9-15;/h5-9,16-17H,4,10-14,21H2,1-3H3;1H. The summed E-state index contributed by atoms with van der Waals surface area (Å²) in [6.07, 6.45) is 2.50. The number of halogens is 1. The zero-order chi connectivity index (χ0) is 18.1.